The smallest absolute Gasteiger partial charge is 0.253 e. The van der Waals surface area contributed by atoms with Gasteiger partial charge >= 0.3 is 0 Å². The summed E-state index contributed by atoms with van der Waals surface area (Å²) in [5.74, 6) is 2.43. The zero-order valence-electron chi connectivity index (χ0n) is 18.4. The summed E-state index contributed by atoms with van der Waals surface area (Å²) in [5.41, 5.74) is 2.92. The monoisotopic (exact) mass is 550 g/mol. The number of carbonyl (C=O) groups excluding carboxylic acids is 1. The highest BCUT2D eigenvalue weighted by molar-refractivity contribution is 14.0. The van der Waals surface area contributed by atoms with E-state index in [0.717, 1.165) is 66.6 Å². The van der Waals surface area contributed by atoms with Crippen LogP contribution < -0.4 is 20.1 Å². The average molecular weight is 550 g/mol. The first-order valence-corrected chi connectivity index (χ1v) is 11.0. The van der Waals surface area contributed by atoms with Crippen molar-refractivity contribution in [3.05, 3.63) is 59.2 Å². The molecule has 0 aromatic heterocycles. The molecule has 0 saturated carbocycles. The van der Waals surface area contributed by atoms with Crippen LogP contribution in [0.15, 0.2) is 47.5 Å². The molecule has 2 N–H and O–H groups in total. The Morgan fingerprint density at radius 3 is 2.44 bits per heavy atom. The number of fused-ring (bicyclic) bond motifs is 1. The van der Waals surface area contributed by atoms with Crippen molar-refractivity contribution in [1.29, 1.82) is 0 Å². The van der Waals surface area contributed by atoms with Gasteiger partial charge in [0.2, 0.25) is 6.79 Å². The van der Waals surface area contributed by atoms with Crippen LogP contribution in [0.2, 0.25) is 0 Å². The number of aliphatic imine (C=N–C) groups is 1. The Kier molecular flexibility index (Phi) is 9.01. The zero-order valence-corrected chi connectivity index (χ0v) is 20.8. The molecule has 2 aliphatic heterocycles. The number of nitrogens with one attached hydrogen (secondary N) is 2. The van der Waals surface area contributed by atoms with Gasteiger partial charge in [0, 0.05) is 31.7 Å². The molecule has 0 atom stereocenters. The number of carbonyl (C=O) groups is 1. The van der Waals surface area contributed by atoms with Gasteiger partial charge in [-0.2, -0.15) is 0 Å². The third kappa shape index (κ3) is 6.27. The van der Waals surface area contributed by atoms with Crippen molar-refractivity contribution < 1.29 is 14.3 Å². The molecule has 7 nitrogen and oxygen atoms in total. The van der Waals surface area contributed by atoms with Crippen LogP contribution in [0, 0.1) is 0 Å². The molecular formula is C24H31IN4O3. The van der Waals surface area contributed by atoms with Crippen molar-refractivity contribution in [3.63, 3.8) is 0 Å². The van der Waals surface area contributed by atoms with E-state index in [1.165, 1.54) is 6.42 Å². The fourth-order valence-corrected chi connectivity index (χ4v) is 3.78. The molecule has 0 unspecified atom stereocenters. The molecule has 0 aliphatic carbocycles. The highest BCUT2D eigenvalue weighted by atomic mass is 127. The maximum Gasteiger partial charge on any atom is 0.253 e. The zero-order chi connectivity index (χ0) is 21.5. The Hall–Kier alpha value is -2.49. The normalized spacial score (nSPS) is 15.2. The van der Waals surface area contributed by atoms with E-state index in [4.69, 9.17) is 9.47 Å². The number of ether oxygens (including phenoxy) is 2. The Morgan fingerprint density at radius 2 is 1.69 bits per heavy atom. The van der Waals surface area contributed by atoms with E-state index in [1.54, 1.807) is 0 Å². The summed E-state index contributed by atoms with van der Waals surface area (Å²) >= 11 is 0. The highest BCUT2D eigenvalue weighted by Gasteiger charge is 2.18. The summed E-state index contributed by atoms with van der Waals surface area (Å²) in [6, 6.07) is 13.7. The quantitative estimate of drug-likeness (QED) is 0.324. The van der Waals surface area contributed by atoms with Crippen molar-refractivity contribution in [2.45, 2.75) is 39.3 Å². The van der Waals surface area contributed by atoms with E-state index in [2.05, 4.69) is 15.6 Å². The lowest BCUT2D eigenvalue weighted by Gasteiger charge is -2.26. The minimum absolute atomic E-state index is 0. The molecule has 2 aromatic carbocycles. The van der Waals surface area contributed by atoms with E-state index < -0.39 is 0 Å². The largest absolute Gasteiger partial charge is 0.454 e. The molecule has 1 saturated heterocycles. The summed E-state index contributed by atoms with van der Waals surface area (Å²) in [4.78, 5) is 19.2. The number of hydrogen-bond donors (Lipinski definition) is 2. The van der Waals surface area contributed by atoms with Crippen molar-refractivity contribution >= 4 is 35.8 Å². The Bertz CT molecular complexity index is 927. The van der Waals surface area contributed by atoms with E-state index in [0.29, 0.717) is 13.1 Å². The number of likely N-dealkylation sites (tertiary alicyclic amines) is 1. The molecule has 172 valence electrons. The Balaban J connectivity index is 0.00000289. The minimum Gasteiger partial charge on any atom is -0.454 e. The van der Waals surface area contributed by atoms with Crippen LogP contribution in [-0.4, -0.2) is 43.2 Å². The Labute approximate surface area is 206 Å². The van der Waals surface area contributed by atoms with Crippen LogP contribution in [0.4, 0.5) is 0 Å². The predicted molar refractivity (Wildman–Crippen MR) is 136 cm³/mol. The van der Waals surface area contributed by atoms with Gasteiger partial charge in [-0.05, 0) is 61.6 Å². The van der Waals surface area contributed by atoms with Crippen LogP contribution >= 0.6 is 24.0 Å². The second kappa shape index (κ2) is 11.9. The molecule has 2 heterocycles. The fraction of sp³-hybridized carbons (Fsp3) is 0.417. The van der Waals surface area contributed by atoms with Gasteiger partial charge in [0.1, 0.15) is 0 Å². The van der Waals surface area contributed by atoms with Gasteiger partial charge in [0.25, 0.3) is 5.91 Å². The molecule has 32 heavy (non-hydrogen) atoms. The maximum absolute atomic E-state index is 12.6. The van der Waals surface area contributed by atoms with Crippen molar-refractivity contribution in [2.75, 3.05) is 26.4 Å². The summed E-state index contributed by atoms with van der Waals surface area (Å²) in [5, 5.41) is 6.63. The molecule has 0 spiro atoms. The van der Waals surface area contributed by atoms with Crippen LogP contribution in [0.5, 0.6) is 11.5 Å². The lowest BCUT2D eigenvalue weighted by molar-refractivity contribution is 0.0724. The first-order chi connectivity index (χ1) is 15.2. The number of nitrogens with zero attached hydrogens (tertiary/aromatic N) is 2. The molecule has 4 rings (SSSR count). The Morgan fingerprint density at radius 1 is 0.969 bits per heavy atom. The molecule has 8 heteroatoms. The summed E-state index contributed by atoms with van der Waals surface area (Å²) in [6.07, 6.45) is 3.43. The fourth-order valence-electron chi connectivity index (χ4n) is 3.78. The van der Waals surface area contributed by atoms with Gasteiger partial charge in [-0.1, -0.05) is 18.2 Å². The van der Waals surface area contributed by atoms with Gasteiger partial charge < -0.3 is 25.0 Å². The predicted octanol–water partition coefficient (Wildman–Crippen LogP) is 3.91. The van der Waals surface area contributed by atoms with Crippen molar-refractivity contribution in [3.8, 4) is 11.5 Å². The highest BCUT2D eigenvalue weighted by Crippen LogP contribution is 2.32. The van der Waals surface area contributed by atoms with E-state index in [-0.39, 0.29) is 36.7 Å². The number of benzene rings is 2. The average Bonchev–Trinajstić information content (AvgIpc) is 3.29. The molecular weight excluding hydrogens is 519 g/mol. The molecule has 0 bridgehead atoms. The third-order valence-electron chi connectivity index (χ3n) is 5.51. The SMILES string of the molecule is CCNC(=NCc1ccc2c(c1)OCO2)NCc1ccc(C(=O)N2CCCCC2)cc1.I. The summed E-state index contributed by atoms with van der Waals surface area (Å²) in [7, 11) is 0. The van der Waals surface area contributed by atoms with Gasteiger partial charge in [0.05, 0.1) is 6.54 Å². The lowest BCUT2D eigenvalue weighted by Crippen LogP contribution is -2.37. The topological polar surface area (TPSA) is 75.2 Å². The van der Waals surface area contributed by atoms with Crippen LogP contribution in [0.25, 0.3) is 0 Å². The number of piperidine rings is 1. The van der Waals surface area contributed by atoms with Crippen LogP contribution in [0.3, 0.4) is 0 Å². The first-order valence-electron chi connectivity index (χ1n) is 11.0. The van der Waals surface area contributed by atoms with E-state index in [1.807, 2.05) is 54.3 Å². The lowest BCUT2D eigenvalue weighted by atomic mass is 10.1. The van der Waals surface area contributed by atoms with Gasteiger partial charge in [-0.15, -0.1) is 24.0 Å². The minimum atomic E-state index is 0. The number of amides is 1. The maximum atomic E-state index is 12.6. The third-order valence-corrected chi connectivity index (χ3v) is 5.51. The number of rotatable bonds is 6. The van der Waals surface area contributed by atoms with Gasteiger partial charge in [-0.25, -0.2) is 4.99 Å². The van der Waals surface area contributed by atoms with Crippen molar-refractivity contribution in [1.82, 2.24) is 15.5 Å². The summed E-state index contributed by atoms with van der Waals surface area (Å²) < 4.78 is 10.8. The van der Waals surface area contributed by atoms with Crippen LogP contribution in [-0.2, 0) is 13.1 Å². The molecule has 1 fully saturated rings. The van der Waals surface area contributed by atoms with E-state index >= 15 is 0 Å². The number of guanidine groups is 1. The molecule has 1 amide bonds. The van der Waals surface area contributed by atoms with E-state index in [9.17, 15) is 4.79 Å². The number of hydrogen-bond acceptors (Lipinski definition) is 4. The second-order valence-electron chi connectivity index (χ2n) is 7.79. The second-order valence-corrected chi connectivity index (χ2v) is 7.79. The van der Waals surface area contributed by atoms with Gasteiger partial charge in [0.15, 0.2) is 17.5 Å². The van der Waals surface area contributed by atoms with Crippen molar-refractivity contribution in [2.24, 2.45) is 4.99 Å². The van der Waals surface area contributed by atoms with Crippen LogP contribution in [0.1, 0.15) is 47.7 Å². The molecule has 2 aromatic rings. The first kappa shape index (κ1) is 24.2. The number of halogens is 1. The standard InChI is InChI=1S/C24H30N4O3.HI/c1-2-25-24(27-16-19-8-11-21-22(14-19)31-17-30-21)26-15-18-6-9-20(10-7-18)23(29)28-12-4-3-5-13-28;/h6-11,14H,2-5,12-13,15-17H2,1H3,(H2,25,26,27);1H. The molecule has 2 aliphatic rings. The molecule has 0 radical (unpaired) electrons. The summed E-state index contributed by atoms with van der Waals surface area (Å²) in [6.45, 7) is 5.99. The van der Waals surface area contributed by atoms with Gasteiger partial charge in [-0.3, -0.25) is 4.79 Å².